The molecule has 37 heavy (non-hydrogen) atoms. The Balaban J connectivity index is 1.66. The first-order valence-electron chi connectivity index (χ1n) is 10.9. The molecule has 4 rings (SSSR count). The van der Waals surface area contributed by atoms with Crippen molar-refractivity contribution in [3.05, 3.63) is 90.8 Å². The number of nitrogens with zero attached hydrogens (tertiary/aromatic N) is 1. The molecule has 3 aromatic carbocycles. The largest absolute Gasteiger partial charge is 0.490 e. The lowest BCUT2D eigenvalue weighted by molar-refractivity contribution is -0.122. The molecule has 0 spiro atoms. The molecular weight excluding hydrogens is 607 g/mol. The molecule has 0 radical (unpaired) electrons. The molecule has 7 nitrogen and oxygen atoms in total. The Kier molecular flexibility index (Phi) is 8.44. The molecule has 11 heteroatoms. The number of nitrogens with one attached hydrogen (secondary N) is 1. The number of carbonyl (C=O) groups excluding carboxylic acids is 3. The van der Waals surface area contributed by atoms with E-state index in [4.69, 9.17) is 44.3 Å². The van der Waals surface area contributed by atoms with Gasteiger partial charge in [-0.15, -0.1) is 0 Å². The number of urea groups is 1. The van der Waals surface area contributed by atoms with Gasteiger partial charge in [-0.3, -0.25) is 14.9 Å². The zero-order valence-corrected chi connectivity index (χ0v) is 23.0. The summed E-state index contributed by atoms with van der Waals surface area (Å²) in [5.41, 5.74) is 1.17. The van der Waals surface area contributed by atoms with Crippen LogP contribution >= 0.6 is 50.7 Å². The lowest BCUT2D eigenvalue weighted by Crippen LogP contribution is -2.54. The van der Waals surface area contributed by atoms with E-state index in [1.165, 1.54) is 12.1 Å². The maximum atomic E-state index is 13.2. The van der Waals surface area contributed by atoms with E-state index in [9.17, 15) is 14.4 Å². The van der Waals surface area contributed by atoms with Gasteiger partial charge in [-0.1, -0.05) is 53.0 Å². The van der Waals surface area contributed by atoms with Crippen molar-refractivity contribution in [2.45, 2.75) is 13.5 Å². The number of ether oxygens (including phenoxy) is 2. The minimum atomic E-state index is -0.887. The maximum absolute atomic E-state index is 13.2. The van der Waals surface area contributed by atoms with Crippen LogP contribution in [-0.2, 0) is 16.2 Å². The van der Waals surface area contributed by atoms with Crippen molar-refractivity contribution in [3.8, 4) is 11.5 Å². The van der Waals surface area contributed by atoms with Gasteiger partial charge < -0.3 is 9.47 Å². The number of imide groups is 2. The standard InChI is InChI=1S/C26H18BrCl3N2O5/c1-2-36-22-12-15(10-17(27)23(22)37-13-14-7-8-18(28)20(30)11-14)9-16-24(33)31-26(35)32(25(16)34)21-6-4-3-5-19(21)29/h3-12H,2,13H2,1H3,(H,31,33,35)/b16-9+. The Bertz CT molecular complexity index is 1440. The van der Waals surface area contributed by atoms with E-state index >= 15 is 0 Å². The Morgan fingerprint density at radius 2 is 1.70 bits per heavy atom. The highest BCUT2D eigenvalue weighted by Gasteiger charge is 2.37. The summed E-state index contributed by atoms with van der Waals surface area (Å²) in [5, 5.41) is 3.22. The van der Waals surface area contributed by atoms with Crippen LogP contribution in [0.4, 0.5) is 10.5 Å². The quantitative estimate of drug-likeness (QED) is 0.225. The third-order valence-corrected chi connectivity index (χ3v) is 6.85. The van der Waals surface area contributed by atoms with E-state index in [1.807, 2.05) is 6.92 Å². The van der Waals surface area contributed by atoms with E-state index in [2.05, 4.69) is 21.2 Å². The van der Waals surface area contributed by atoms with Crippen molar-refractivity contribution >= 4 is 80.3 Å². The second-order valence-electron chi connectivity index (χ2n) is 7.71. The van der Waals surface area contributed by atoms with Gasteiger partial charge in [0.15, 0.2) is 11.5 Å². The molecule has 0 aromatic heterocycles. The van der Waals surface area contributed by atoms with Crippen molar-refractivity contribution in [1.29, 1.82) is 0 Å². The van der Waals surface area contributed by atoms with Crippen LogP contribution in [0.5, 0.6) is 11.5 Å². The van der Waals surface area contributed by atoms with Gasteiger partial charge >= 0.3 is 6.03 Å². The normalized spacial score (nSPS) is 14.7. The van der Waals surface area contributed by atoms with Crippen molar-refractivity contribution in [2.75, 3.05) is 11.5 Å². The zero-order chi connectivity index (χ0) is 26.7. The predicted octanol–water partition coefficient (Wildman–Crippen LogP) is 7.05. The number of amides is 4. The first-order chi connectivity index (χ1) is 17.7. The van der Waals surface area contributed by atoms with E-state index in [-0.39, 0.29) is 22.9 Å². The third kappa shape index (κ3) is 5.93. The number of benzene rings is 3. The summed E-state index contributed by atoms with van der Waals surface area (Å²) >= 11 is 21.7. The molecule has 0 atom stereocenters. The minimum Gasteiger partial charge on any atom is -0.490 e. The summed E-state index contributed by atoms with van der Waals surface area (Å²) < 4.78 is 12.3. The van der Waals surface area contributed by atoms with Crippen molar-refractivity contribution in [2.24, 2.45) is 0 Å². The molecule has 1 N–H and O–H groups in total. The molecule has 4 amide bonds. The highest BCUT2D eigenvalue weighted by atomic mass is 79.9. The number of hydrogen-bond acceptors (Lipinski definition) is 5. The monoisotopic (exact) mass is 622 g/mol. The van der Waals surface area contributed by atoms with Gasteiger partial charge in [-0.05, 0) is 76.5 Å². The summed E-state index contributed by atoms with van der Waals surface area (Å²) in [6.45, 7) is 2.34. The second kappa shape index (κ2) is 11.6. The number of hydrogen-bond donors (Lipinski definition) is 1. The lowest BCUT2D eigenvalue weighted by Gasteiger charge is -2.27. The highest BCUT2D eigenvalue weighted by Crippen LogP contribution is 2.39. The number of barbiturate groups is 1. The second-order valence-corrected chi connectivity index (χ2v) is 9.79. The molecule has 0 aliphatic carbocycles. The fourth-order valence-corrected chi connectivity index (χ4v) is 4.65. The fraction of sp³-hybridized carbons (Fsp3) is 0.115. The first-order valence-corrected chi connectivity index (χ1v) is 12.8. The van der Waals surface area contributed by atoms with Crippen molar-refractivity contribution in [3.63, 3.8) is 0 Å². The predicted molar refractivity (Wildman–Crippen MR) is 147 cm³/mol. The zero-order valence-electron chi connectivity index (χ0n) is 19.2. The molecular formula is C26H18BrCl3N2O5. The van der Waals surface area contributed by atoms with Crippen LogP contribution in [0.2, 0.25) is 15.1 Å². The molecule has 1 saturated heterocycles. The van der Waals surface area contributed by atoms with E-state index in [0.717, 1.165) is 10.5 Å². The highest BCUT2D eigenvalue weighted by molar-refractivity contribution is 9.10. The molecule has 190 valence electrons. The van der Waals surface area contributed by atoms with Crippen molar-refractivity contribution < 1.29 is 23.9 Å². The van der Waals surface area contributed by atoms with Gasteiger partial charge in [0.25, 0.3) is 11.8 Å². The summed E-state index contributed by atoms with van der Waals surface area (Å²) in [4.78, 5) is 39.1. The van der Waals surface area contributed by atoms with Gasteiger partial charge in [0.2, 0.25) is 0 Å². The molecule has 3 aromatic rings. The number of anilines is 1. The first kappa shape index (κ1) is 27.0. The summed E-state index contributed by atoms with van der Waals surface area (Å²) in [6.07, 6.45) is 1.37. The molecule has 0 unspecified atom stereocenters. The summed E-state index contributed by atoms with van der Waals surface area (Å²) in [6, 6.07) is 13.9. The molecule has 1 fully saturated rings. The number of halogens is 4. The summed E-state index contributed by atoms with van der Waals surface area (Å²) in [7, 11) is 0. The van der Waals surface area contributed by atoms with Crippen LogP contribution < -0.4 is 19.7 Å². The average molecular weight is 625 g/mol. The van der Waals surface area contributed by atoms with Crippen LogP contribution in [0, 0.1) is 0 Å². The Labute approximate surface area is 236 Å². The molecule has 0 bridgehead atoms. The smallest absolute Gasteiger partial charge is 0.335 e. The van der Waals surface area contributed by atoms with Gasteiger partial charge in [0.1, 0.15) is 12.2 Å². The molecule has 0 saturated carbocycles. The Morgan fingerprint density at radius 1 is 0.946 bits per heavy atom. The van der Waals surface area contributed by atoms with Crippen LogP contribution in [0.3, 0.4) is 0 Å². The summed E-state index contributed by atoms with van der Waals surface area (Å²) in [5.74, 6) is -0.836. The Morgan fingerprint density at radius 3 is 2.41 bits per heavy atom. The molecule has 1 heterocycles. The van der Waals surface area contributed by atoms with Crippen LogP contribution in [0.15, 0.2) is 64.6 Å². The molecule has 1 aliphatic heterocycles. The van der Waals surface area contributed by atoms with Crippen LogP contribution in [-0.4, -0.2) is 24.5 Å². The van der Waals surface area contributed by atoms with Gasteiger partial charge in [0.05, 0.1) is 31.8 Å². The van der Waals surface area contributed by atoms with E-state index in [0.29, 0.717) is 38.2 Å². The average Bonchev–Trinajstić information content (AvgIpc) is 2.84. The van der Waals surface area contributed by atoms with Gasteiger partial charge in [-0.25, -0.2) is 9.69 Å². The minimum absolute atomic E-state index is 0.160. The lowest BCUT2D eigenvalue weighted by atomic mass is 10.1. The topological polar surface area (TPSA) is 84.9 Å². The molecule has 1 aliphatic rings. The maximum Gasteiger partial charge on any atom is 0.335 e. The van der Waals surface area contributed by atoms with Gasteiger partial charge in [-0.2, -0.15) is 0 Å². The number of carbonyl (C=O) groups is 3. The van der Waals surface area contributed by atoms with Crippen LogP contribution in [0.25, 0.3) is 6.08 Å². The van der Waals surface area contributed by atoms with E-state index < -0.39 is 17.8 Å². The number of para-hydroxylation sites is 1. The third-order valence-electron chi connectivity index (χ3n) is 5.20. The van der Waals surface area contributed by atoms with Crippen LogP contribution in [0.1, 0.15) is 18.1 Å². The SMILES string of the molecule is CCOc1cc(/C=C2\C(=O)NC(=O)N(c3ccccc3Cl)C2=O)cc(Br)c1OCc1ccc(Cl)c(Cl)c1. The van der Waals surface area contributed by atoms with Gasteiger partial charge in [0, 0.05) is 0 Å². The van der Waals surface area contributed by atoms with E-state index in [1.54, 1.807) is 48.5 Å². The Hall–Kier alpha value is -3.04. The number of rotatable bonds is 7. The fourth-order valence-electron chi connectivity index (χ4n) is 3.54. The van der Waals surface area contributed by atoms with Crippen molar-refractivity contribution in [1.82, 2.24) is 5.32 Å².